The van der Waals surface area contributed by atoms with Crippen LogP contribution in [0, 0.1) is 11.3 Å². The quantitative estimate of drug-likeness (QED) is 0.495. The predicted molar refractivity (Wildman–Crippen MR) is 99.5 cm³/mol. The summed E-state index contributed by atoms with van der Waals surface area (Å²) in [6.07, 6.45) is 4.50. The molecule has 2 N–H and O–H groups in total. The van der Waals surface area contributed by atoms with E-state index in [0.29, 0.717) is 19.0 Å². The van der Waals surface area contributed by atoms with Gasteiger partial charge in [-0.25, -0.2) is 0 Å². The molecule has 1 aliphatic carbocycles. The molecule has 4 rings (SSSR count). The molecule has 1 aliphatic rings. The molecule has 0 aliphatic heterocycles. The Bertz CT molecular complexity index is 981. The van der Waals surface area contributed by atoms with Crippen LogP contribution in [0.1, 0.15) is 25.3 Å². The van der Waals surface area contributed by atoms with Crippen molar-refractivity contribution in [3.8, 4) is 17.5 Å². The van der Waals surface area contributed by atoms with Crippen LogP contribution in [-0.4, -0.2) is 38.0 Å². The highest BCUT2D eigenvalue weighted by Gasteiger charge is 2.31. The topological polar surface area (TPSA) is 99.4 Å². The lowest BCUT2D eigenvalue weighted by atomic mass is 10.1. The number of carbonyl (C=O) groups excluding carboxylic acids is 1. The summed E-state index contributed by atoms with van der Waals surface area (Å²) in [6, 6.07) is 10.5. The monoisotopic (exact) mass is 366 g/mol. The first kappa shape index (κ1) is 16.7. The molecule has 0 bridgehead atoms. The van der Waals surface area contributed by atoms with Gasteiger partial charge in [-0.1, -0.05) is 30.0 Å². The summed E-state index contributed by atoms with van der Waals surface area (Å²) in [6.45, 7) is 0.381. The lowest BCUT2D eigenvalue weighted by Crippen LogP contribution is -2.26. The Morgan fingerprint density at radius 1 is 1.38 bits per heavy atom. The number of nitriles is 1. The molecule has 0 saturated heterocycles. The summed E-state index contributed by atoms with van der Waals surface area (Å²) in [5.74, 6) is 1.02. The summed E-state index contributed by atoms with van der Waals surface area (Å²) in [7, 11) is 0. The van der Waals surface area contributed by atoms with Crippen LogP contribution in [0.4, 0.5) is 0 Å². The van der Waals surface area contributed by atoms with Gasteiger partial charge in [0.1, 0.15) is 0 Å². The Hall–Kier alpha value is -2.79. The molecule has 2 aromatic heterocycles. The van der Waals surface area contributed by atoms with Crippen LogP contribution in [0.25, 0.3) is 22.3 Å². The zero-order chi connectivity index (χ0) is 17.9. The van der Waals surface area contributed by atoms with Gasteiger partial charge in [-0.05, 0) is 18.9 Å². The average molecular weight is 366 g/mol. The molecule has 8 heteroatoms. The summed E-state index contributed by atoms with van der Waals surface area (Å²) < 4.78 is 2.16. The van der Waals surface area contributed by atoms with Crippen molar-refractivity contribution >= 4 is 28.6 Å². The van der Waals surface area contributed by atoms with Gasteiger partial charge in [-0.2, -0.15) is 5.26 Å². The number of thioether (sulfide) groups is 1. The molecule has 0 radical (unpaired) electrons. The molecular weight excluding hydrogens is 348 g/mol. The van der Waals surface area contributed by atoms with E-state index in [1.807, 2.05) is 30.5 Å². The lowest BCUT2D eigenvalue weighted by molar-refractivity contribution is -0.118. The first-order valence-electron chi connectivity index (χ1n) is 8.56. The molecule has 2 heterocycles. The highest BCUT2D eigenvalue weighted by atomic mass is 32.2. The molecule has 0 unspecified atom stereocenters. The second kappa shape index (κ2) is 7.22. The Kier molecular flexibility index (Phi) is 4.63. The standard InChI is InChI=1S/C18H18N6OS/c19-8-3-9-20-16(25)11-26-18-23-22-17(24(18)12-6-7-12)14-10-21-15-5-2-1-4-13(14)15/h1-2,4-5,10,12,21H,3,6-7,9,11H2,(H,20,25). The smallest absolute Gasteiger partial charge is 0.230 e. The summed E-state index contributed by atoms with van der Waals surface area (Å²) in [5.41, 5.74) is 2.10. The zero-order valence-electron chi connectivity index (χ0n) is 14.1. The van der Waals surface area contributed by atoms with Crippen LogP contribution in [-0.2, 0) is 4.79 Å². The Morgan fingerprint density at radius 2 is 2.23 bits per heavy atom. The fourth-order valence-electron chi connectivity index (χ4n) is 2.92. The predicted octanol–water partition coefficient (Wildman–Crippen LogP) is 2.88. The lowest BCUT2D eigenvalue weighted by Gasteiger charge is -2.08. The highest BCUT2D eigenvalue weighted by Crippen LogP contribution is 2.42. The third kappa shape index (κ3) is 3.30. The normalized spacial score (nSPS) is 13.7. The van der Waals surface area contributed by atoms with Gasteiger partial charge in [0.25, 0.3) is 0 Å². The van der Waals surface area contributed by atoms with Gasteiger partial charge in [-0.3, -0.25) is 9.36 Å². The fraction of sp³-hybridized carbons (Fsp3) is 0.333. The number of carbonyl (C=O) groups is 1. The molecular formula is C18H18N6OS. The van der Waals surface area contributed by atoms with Gasteiger partial charge in [-0.15, -0.1) is 10.2 Å². The Morgan fingerprint density at radius 3 is 3.04 bits per heavy atom. The number of aromatic nitrogens is 4. The zero-order valence-corrected chi connectivity index (χ0v) is 14.9. The van der Waals surface area contributed by atoms with E-state index in [0.717, 1.165) is 40.3 Å². The van der Waals surface area contributed by atoms with Crippen LogP contribution in [0.5, 0.6) is 0 Å². The minimum Gasteiger partial charge on any atom is -0.360 e. The van der Waals surface area contributed by atoms with Crippen molar-refractivity contribution in [1.82, 2.24) is 25.1 Å². The number of hydrogen-bond donors (Lipinski definition) is 2. The molecule has 0 atom stereocenters. The number of aromatic amines is 1. The molecule has 132 valence electrons. The molecule has 0 spiro atoms. The molecule has 1 saturated carbocycles. The summed E-state index contributed by atoms with van der Waals surface area (Å²) >= 11 is 1.39. The molecule has 1 amide bonds. The number of nitrogens with zero attached hydrogens (tertiary/aromatic N) is 4. The summed E-state index contributed by atoms with van der Waals surface area (Å²) in [4.78, 5) is 15.2. The number of rotatable bonds is 7. The Labute approximate surface area is 154 Å². The maximum Gasteiger partial charge on any atom is 0.230 e. The number of para-hydroxylation sites is 1. The molecule has 26 heavy (non-hydrogen) atoms. The van der Waals surface area contributed by atoms with Gasteiger partial charge >= 0.3 is 0 Å². The van der Waals surface area contributed by atoms with Crippen LogP contribution in [0.3, 0.4) is 0 Å². The van der Waals surface area contributed by atoms with Crippen molar-refractivity contribution in [1.29, 1.82) is 5.26 Å². The van der Waals surface area contributed by atoms with Crippen LogP contribution < -0.4 is 5.32 Å². The van der Waals surface area contributed by atoms with E-state index in [-0.39, 0.29) is 11.7 Å². The van der Waals surface area contributed by atoms with E-state index in [1.54, 1.807) is 0 Å². The average Bonchev–Trinajstić information content (AvgIpc) is 3.27. The maximum atomic E-state index is 11.9. The molecule has 7 nitrogen and oxygen atoms in total. The van der Waals surface area contributed by atoms with Gasteiger partial charge < -0.3 is 10.3 Å². The second-order valence-electron chi connectivity index (χ2n) is 6.20. The number of benzene rings is 1. The Balaban J connectivity index is 1.56. The number of nitrogens with one attached hydrogen (secondary N) is 2. The van der Waals surface area contributed by atoms with Crippen molar-refractivity contribution < 1.29 is 4.79 Å². The number of H-pyrrole nitrogens is 1. The van der Waals surface area contributed by atoms with Crippen molar-refractivity contribution in [2.75, 3.05) is 12.3 Å². The largest absolute Gasteiger partial charge is 0.360 e. The van der Waals surface area contributed by atoms with Crippen LogP contribution in [0.15, 0.2) is 35.6 Å². The number of fused-ring (bicyclic) bond motifs is 1. The van der Waals surface area contributed by atoms with E-state index in [9.17, 15) is 4.79 Å². The third-order valence-corrected chi connectivity index (χ3v) is 5.24. The SMILES string of the molecule is N#CCCNC(=O)CSc1nnc(-c2c[nH]c3ccccc23)n1C1CC1. The van der Waals surface area contributed by atoms with Gasteiger partial charge in [0.15, 0.2) is 11.0 Å². The van der Waals surface area contributed by atoms with E-state index >= 15 is 0 Å². The van der Waals surface area contributed by atoms with Gasteiger partial charge in [0.05, 0.1) is 18.2 Å². The van der Waals surface area contributed by atoms with Gasteiger partial charge in [0, 0.05) is 35.2 Å². The van der Waals surface area contributed by atoms with E-state index in [1.165, 1.54) is 11.8 Å². The van der Waals surface area contributed by atoms with Gasteiger partial charge in [0.2, 0.25) is 5.91 Å². The van der Waals surface area contributed by atoms with E-state index in [4.69, 9.17) is 5.26 Å². The third-order valence-electron chi connectivity index (χ3n) is 4.30. The minimum absolute atomic E-state index is 0.0933. The summed E-state index contributed by atoms with van der Waals surface area (Å²) in [5, 5.41) is 21.9. The van der Waals surface area contributed by atoms with Crippen molar-refractivity contribution in [2.45, 2.75) is 30.5 Å². The highest BCUT2D eigenvalue weighted by molar-refractivity contribution is 7.99. The van der Waals surface area contributed by atoms with Crippen molar-refractivity contribution in [2.24, 2.45) is 0 Å². The molecule has 1 aromatic carbocycles. The fourth-order valence-corrected chi connectivity index (χ4v) is 3.75. The number of hydrogen-bond acceptors (Lipinski definition) is 5. The van der Waals surface area contributed by atoms with E-state index < -0.39 is 0 Å². The molecule has 3 aromatic rings. The van der Waals surface area contributed by atoms with Crippen LogP contribution in [0.2, 0.25) is 0 Å². The first-order valence-corrected chi connectivity index (χ1v) is 9.54. The van der Waals surface area contributed by atoms with Crippen LogP contribution >= 0.6 is 11.8 Å². The minimum atomic E-state index is -0.0933. The second-order valence-corrected chi connectivity index (χ2v) is 7.14. The number of amides is 1. The van der Waals surface area contributed by atoms with E-state index in [2.05, 4.69) is 31.1 Å². The van der Waals surface area contributed by atoms with Crippen molar-refractivity contribution in [3.05, 3.63) is 30.5 Å². The maximum absolute atomic E-state index is 11.9. The first-order chi connectivity index (χ1) is 12.8. The van der Waals surface area contributed by atoms with Crippen molar-refractivity contribution in [3.63, 3.8) is 0 Å². The molecule has 1 fully saturated rings.